The number of anilines is 1. The monoisotopic (exact) mass is 295 g/mol. The van der Waals surface area contributed by atoms with Gasteiger partial charge in [-0.25, -0.2) is 4.39 Å². The Morgan fingerprint density at radius 2 is 1.81 bits per heavy atom. The first kappa shape index (κ1) is 14.9. The van der Waals surface area contributed by atoms with Crippen molar-refractivity contribution in [2.45, 2.75) is 13.5 Å². The Hall–Kier alpha value is -2.50. The van der Waals surface area contributed by atoms with Crippen molar-refractivity contribution in [3.63, 3.8) is 0 Å². The molecular weight excluding hydrogens is 283 g/mol. The zero-order chi connectivity index (χ0) is 15.4. The van der Waals surface area contributed by atoms with Crippen LogP contribution in [0.2, 0.25) is 0 Å². The van der Waals surface area contributed by atoms with Gasteiger partial charge in [0.05, 0.1) is 5.56 Å². The molecular formula is C15H12F3NO2. The third-order valence-electron chi connectivity index (χ3n) is 2.71. The zero-order valence-corrected chi connectivity index (χ0v) is 11.1. The van der Waals surface area contributed by atoms with Crippen molar-refractivity contribution in [3.8, 4) is 5.75 Å². The number of benzene rings is 2. The molecule has 21 heavy (non-hydrogen) atoms. The second-order valence-corrected chi connectivity index (χ2v) is 4.34. The van der Waals surface area contributed by atoms with Crippen molar-refractivity contribution < 1.29 is 22.7 Å². The van der Waals surface area contributed by atoms with Crippen LogP contribution in [0.15, 0.2) is 42.5 Å². The summed E-state index contributed by atoms with van der Waals surface area (Å²) >= 11 is 0. The van der Waals surface area contributed by atoms with Crippen molar-refractivity contribution in [2.75, 3.05) is 5.32 Å². The van der Waals surface area contributed by atoms with E-state index >= 15 is 0 Å². The highest BCUT2D eigenvalue weighted by Gasteiger charge is 2.12. The summed E-state index contributed by atoms with van der Waals surface area (Å²) in [6.45, 7) is -1.20. The van der Waals surface area contributed by atoms with Crippen LogP contribution in [0, 0.1) is 12.7 Å². The first-order valence-corrected chi connectivity index (χ1v) is 6.08. The molecule has 0 fully saturated rings. The van der Waals surface area contributed by atoms with E-state index in [4.69, 9.17) is 0 Å². The Bertz CT molecular complexity index is 642. The first-order valence-electron chi connectivity index (χ1n) is 6.08. The van der Waals surface area contributed by atoms with Gasteiger partial charge < -0.3 is 10.1 Å². The average Bonchev–Trinajstić information content (AvgIpc) is 2.40. The van der Waals surface area contributed by atoms with Crippen LogP contribution >= 0.6 is 0 Å². The van der Waals surface area contributed by atoms with Gasteiger partial charge in [-0.15, -0.1) is 0 Å². The molecule has 1 amide bonds. The lowest BCUT2D eigenvalue weighted by atomic mass is 10.1. The predicted octanol–water partition coefficient (Wildman–Crippen LogP) is 3.99. The topological polar surface area (TPSA) is 38.3 Å². The highest BCUT2D eigenvalue weighted by molar-refractivity contribution is 6.04. The molecule has 2 rings (SSSR count). The highest BCUT2D eigenvalue weighted by atomic mass is 19.3. The lowest BCUT2D eigenvalue weighted by molar-refractivity contribution is -0.0498. The molecule has 1 N–H and O–H groups in total. The maximum atomic E-state index is 13.6. The summed E-state index contributed by atoms with van der Waals surface area (Å²) in [6.07, 6.45) is 0. The average molecular weight is 295 g/mol. The van der Waals surface area contributed by atoms with Gasteiger partial charge in [-0.1, -0.05) is 6.07 Å². The molecule has 0 saturated heterocycles. The summed E-state index contributed by atoms with van der Waals surface area (Å²) in [5, 5.41) is 2.48. The van der Waals surface area contributed by atoms with Crippen LogP contribution in [0.3, 0.4) is 0 Å². The van der Waals surface area contributed by atoms with E-state index in [1.165, 1.54) is 36.4 Å². The maximum absolute atomic E-state index is 13.6. The van der Waals surface area contributed by atoms with Crippen LogP contribution in [0.25, 0.3) is 0 Å². The van der Waals surface area contributed by atoms with Gasteiger partial charge in [0.15, 0.2) is 0 Å². The first-order chi connectivity index (χ1) is 9.95. The minimum atomic E-state index is -2.91. The molecule has 0 aromatic heterocycles. The maximum Gasteiger partial charge on any atom is 0.387 e. The number of rotatable bonds is 4. The van der Waals surface area contributed by atoms with E-state index in [1.54, 1.807) is 13.0 Å². The van der Waals surface area contributed by atoms with Crippen LogP contribution in [-0.2, 0) is 0 Å². The summed E-state index contributed by atoms with van der Waals surface area (Å²) in [4.78, 5) is 11.9. The number of nitrogens with one attached hydrogen (secondary N) is 1. The lowest BCUT2D eigenvalue weighted by Crippen LogP contribution is -2.13. The molecule has 2 aromatic rings. The Labute approximate surface area is 119 Å². The van der Waals surface area contributed by atoms with Gasteiger partial charge in [0.1, 0.15) is 11.6 Å². The van der Waals surface area contributed by atoms with Crippen LogP contribution in [0.4, 0.5) is 18.9 Å². The van der Waals surface area contributed by atoms with Crippen molar-refractivity contribution in [2.24, 2.45) is 0 Å². The van der Waals surface area contributed by atoms with Gasteiger partial charge in [0.2, 0.25) is 0 Å². The van der Waals surface area contributed by atoms with Gasteiger partial charge in [-0.2, -0.15) is 8.78 Å². The second-order valence-electron chi connectivity index (χ2n) is 4.34. The van der Waals surface area contributed by atoms with Crippen LogP contribution in [0.5, 0.6) is 5.75 Å². The van der Waals surface area contributed by atoms with Gasteiger partial charge in [-0.3, -0.25) is 4.79 Å². The van der Waals surface area contributed by atoms with Crippen LogP contribution < -0.4 is 10.1 Å². The van der Waals surface area contributed by atoms with E-state index in [1.807, 2.05) is 0 Å². The van der Waals surface area contributed by atoms with Gasteiger partial charge in [0.25, 0.3) is 5.91 Å². The molecule has 0 radical (unpaired) electrons. The molecule has 0 unspecified atom stereocenters. The quantitative estimate of drug-likeness (QED) is 0.926. The van der Waals surface area contributed by atoms with Crippen molar-refractivity contribution >= 4 is 11.6 Å². The number of aryl methyl sites for hydroxylation is 1. The largest absolute Gasteiger partial charge is 0.435 e. The number of carbonyl (C=O) groups excluding carboxylic acids is 1. The third-order valence-corrected chi connectivity index (χ3v) is 2.71. The second kappa shape index (κ2) is 6.30. The van der Waals surface area contributed by atoms with Crippen molar-refractivity contribution in [1.29, 1.82) is 0 Å². The molecule has 0 bridgehead atoms. The minimum Gasteiger partial charge on any atom is -0.435 e. The fourth-order valence-electron chi connectivity index (χ4n) is 1.72. The summed E-state index contributed by atoms with van der Waals surface area (Å²) in [6, 6.07) is 9.62. The van der Waals surface area contributed by atoms with E-state index < -0.39 is 18.3 Å². The molecule has 110 valence electrons. The molecule has 2 aromatic carbocycles. The van der Waals surface area contributed by atoms with Gasteiger partial charge >= 0.3 is 6.61 Å². The molecule has 0 aliphatic rings. The molecule has 3 nitrogen and oxygen atoms in total. The summed E-state index contributed by atoms with van der Waals surface area (Å²) in [5.74, 6) is -1.26. The molecule has 0 aliphatic carbocycles. The summed E-state index contributed by atoms with van der Waals surface area (Å²) in [7, 11) is 0. The standard InChI is InChI=1S/C15H12F3NO2/c1-9-2-7-12(13(16)8-9)14(20)19-10-3-5-11(6-4-10)21-15(17)18/h2-8,15H,1H3,(H,19,20). The van der Waals surface area contributed by atoms with Crippen molar-refractivity contribution in [1.82, 2.24) is 0 Å². The minimum absolute atomic E-state index is 0.0236. The van der Waals surface area contributed by atoms with Crippen LogP contribution in [0.1, 0.15) is 15.9 Å². The molecule has 6 heteroatoms. The number of halogens is 3. The highest BCUT2D eigenvalue weighted by Crippen LogP contribution is 2.19. The number of amides is 1. The molecule has 0 atom stereocenters. The Balaban J connectivity index is 2.08. The number of hydrogen-bond donors (Lipinski definition) is 1. The Kier molecular flexibility index (Phi) is 4.47. The van der Waals surface area contributed by atoms with Crippen molar-refractivity contribution in [3.05, 3.63) is 59.4 Å². The molecule has 0 heterocycles. The fraction of sp³-hybridized carbons (Fsp3) is 0.133. The predicted molar refractivity (Wildman–Crippen MR) is 72.2 cm³/mol. The normalized spacial score (nSPS) is 10.5. The number of carbonyl (C=O) groups is 1. The summed E-state index contributed by atoms with van der Waals surface area (Å²) < 4.78 is 41.8. The number of alkyl halides is 2. The SMILES string of the molecule is Cc1ccc(C(=O)Nc2ccc(OC(F)F)cc2)c(F)c1. The Morgan fingerprint density at radius 3 is 2.38 bits per heavy atom. The number of ether oxygens (including phenoxy) is 1. The van der Waals surface area contributed by atoms with Gasteiger partial charge in [-0.05, 0) is 48.9 Å². The zero-order valence-electron chi connectivity index (χ0n) is 11.1. The van der Waals surface area contributed by atoms with E-state index in [2.05, 4.69) is 10.1 Å². The van der Waals surface area contributed by atoms with E-state index in [9.17, 15) is 18.0 Å². The van der Waals surface area contributed by atoms with E-state index in [-0.39, 0.29) is 11.3 Å². The van der Waals surface area contributed by atoms with E-state index in [0.717, 1.165) is 0 Å². The molecule has 0 saturated carbocycles. The van der Waals surface area contributed by atoms with Gasteiger partial charge in [0, 0.05) is 5.69 Å². The molecule has 0 aliphatic heterocycles. The Morgan fingerprint density at radius 1 is 1.14 bits per heavy atom. The smallest absolute Gasteiger partial charge is 0.387 e. The summed E-state index contributed by atoms with van der Waals surface area (Å²) in [5.41, 5.74) is 0.965. The van der Waals surface area contributed by atoms with E-state index in [0.29, 0.717) is 11.3 Å². The van der Waals surface area contributed by atoms with Crippen LogP contribution in [-0.4, -0.2) is 12.5 Å². The molecule has 0 spiro atoms. The fourth-order valence-corrected chi connectivity index (χ4v) is 1.72. The lowest BCUT2D eigenvalue weighted by Gasteiger charge is -2.08. The third kappa shape index (κ3) is 3.98. The number of hydrogen-bond acceptors (Lipinski definition) is 2.